The molecule has 0 atom stereocenters. The van der Waals surface area contributed by atoms with Crippen LogP contribution in [0, 0.1) is 18.3 Å². The highest BCUT2D eigenvalue weighted by Gasteiger charge is 2.14. The molecule has 0 fully saturated rings. The topological polar surface area (TPSA) is 82.8 Å². The molecule has 0 spiro atoms. The Hall–Kier alpha value is -2.39. The Bertz CT molecular complexity index is 765. The van der Waals surface area contributed by atoms with Crippen molar-refractivity contribution in [2.75, 3.05) is 10.5 Å². The highest BCUT2D eigenvalue weighted by Crippen LogP contribution is 2.19. The highest BCUT2D eigenvalue weighted by atomic mass is 32.2. The Morgan fingerprint density at radius 2 is 1.95 bits per heavy atom. The van der Waals surface area contributed by atoms with Crippen molar-refractivity contribution in [1.82, 2.24) is 4.98 Å². The zero-order valence-corrected chi connectivity index (χ0v) is 12.4. The zero-order chi connectivity index (χ0) is 15.3. The van der Waals surface area contributed by atoms with E-state index in [0.717, 1.165) is 11.1 Å². The molecule has 1 aromatic carbocycles. The van der Waals surface area contributed by atoms with Crippen LogP contribution < -0.4 is 4.72 Å². The second-order valence-corrected chi connectivity index (χ2v) is 6.48. The van der Waals surface area contributed by atoms with Gasteiger partial charge in [0, 0.05) is 12.4 Å². The van der Waals surface area contributed by atoms with Crippen molar-refractivity contribution in [1.29, 1.82) is 5.26 Å². The van der Waals surface area contributed by atoms with Gasteiger partial charge in [-0.1, -0.05) is 12.1 Å². The second kappa shape index (κ2) is 6.37. The third-order valence-electron chi connectivity index (χ3n) is 3.06. The van der Waals surface area contributed by atoms with Crippen LogP contribution in [0.2, 0.25) is 0 Å². The van der Waals surface area contributed by atoms with Crippen molar-refractivity contribution < 1.29 is 8.42 Å². The van der Waals surface area contributed by atoms with Gasteiger partial charge in [-0.2, -0.15) is 5.26 Å². The molecule has 21 heavy (non-hydrogen) atoms. The molecule has 1 heterocycles. The van der Waals surface area contributed by atoms with Crippen LogP contribution in [0.15, 0.2) is 42.7 Å². The average Bonchev–Trinajstić information content (AvgIpc) is 2.46. The average molecular weight is 301 g/mol. The normalized spacial score (nSPS) is 10.9. The molecule has 0 saturated carbocycles. The van der Waals surface area contributed by atoms with Gasteiger partial charge in [-0.15, -0.1) is 0 Å². The summed E-state index contributed by atoms with van der Waals surface area (Å²) < 4.78 is 26.7. The molecule has 2 aromatic rings. The lowest BCUT2D eigenvalue weighted by atomic mass is 10.1. The maximum absolute atomic E-state index is 12.1. The van der Waals surface area contributed by atoms with Crippen molar-refractivity contribution in [3.05, 3.63) is 59.4 Å². The van der Waals surface area contributed by atoms with Crippen LogP contribution in [0.3, 0.4) is 0 Å². The van der Waals surface area contributed by atoms with Gasteiger partial charge in [-0.05, 0) is 42.7 Å². The van der Waals surface area contributed by atoms with Gasteiger partial charge in [0.25, 0.3) is 0 Å². The summed E-state index contributed by atoms with van der Waals surface area (Å²) in [4.78, 5) is 3.89. The van der Waals surface area contributed by atoms with Gasteiger partial charge < -0.3 is 0 Å². The lowest BCUT2D eigenvalue weighted by Crippen LogP contribution is -2.19. The predicted octanol–water partition coefficient (Wildman–Crippen LogP) is 2.25. The molecule has 0 bridgehead atoms. The fraction of sp³-hybridized carbons (Fsp3) is 0.200. The van der Waals surface area contributed by atoms with Crippen LogP contribution in [0.4, 0.5) is 5.69 Å². The fourth-order valence-corrected chi connectivity index (χ4v) is 3.03. The van der Waals surface area contributed by atoms with Crippen molar-refractivity contribution in [3.8, 4) is 6.07 Å². The van der Waals surface area contributed by atoms with Crippen LogP contribution in [-0.4, -0.2) is 19.2 Å². The molecule has 0 saturated heterocycles. The number of rotatable bonds is 5. The van der Waals surface area contributed by atoms with Crippen LogP contribution >= 0.6 is 0 Å². The number of sulfonamides is 1. The molecule has 6 heteroatoms. The molecule has 0 amide bonds. The molecular formula is C15H15N3O2S. The Morgan fingerprint density at radius 1 is 1.24 bits per heavy atom. The van der Waals surface area contributed by atoms with Gasteiger partial charge in [0.2, 0.25) is 10.0 Å². The van der Waals surface area contributed by atoms with E-state index in [9.17, 15) is 8.42 Å². The molecular weight excluding hydrogens is 286 g/mol. The van der Waals surface area contributed by atoms with E-state index < -0.39 is 10.0 Å². The van der Waals surface area contributed by atoms with E-state index in [1.165, 1.54) is 0 Å². The molecule has 1 aromatic heterocycles. The molecule has 0 unspecified atom stereocenters. The van der Waals surface area contributed by atoms with Gasteiger partial charge in [0.05, 0.1) is 17.0 Å². The molecule has 0 aliphatic rings. The lowest BCUT2D eigenvalue weighted by molar-refractivity contribution is 0.600. The molecule has 108 valence electrons. The monoisotopic (exact) mass is 301 g/mol. The first-order valence-electron chi connectivity index (χ1n) is 6.41. The standard InChI is InChI=1S/C15H15N3O2S/c1-12-3-2-4-15(14(12)11-16)18-21(19,20)10-7-13-5-8-17-9-6-13/h2-6,8-9,18H,7,10H2,1H3. The Labute approximate surface area is 124 Å². The Balaban J connectivity index is 2.12. The number of benzene rings is 1. The molecule has 0 aliphatic heterocycles. The number of nitriles is 1. The summed E-state index contributed by atoms with van der Waals surface area (Å²) >= 11 is 0. The molecule has 2 rings (SSSR count). The third-order valence-corrected chi connectivity index (χ3v) is 4.33. The molecule has 0 aliphatic carbocycles. The maximum Gasteiger partial charge on any atom is 0.233 e. The summed E-state index contributed by atoms with van der Waals surface area (Å²) in [5.41, 5.74) is 2.32. The minimum Gasteiger partial charge on any atom is -0.282 e. The largest absolute Gasteiger partial charge is 0.282 e. The number of pyridine rings is 1. The van der Waals surface area contributed by atoms with Crippen molar-refractivity contribution in [2.45, 2.75) is 13.3 Å². The maximum atomic E-state index is 12.1. The Morgan fingerprint density at radius 3 is 2.62 bits per heavy atom. The Kier molecular flexibility index (Phi) is 4.55. The number of nitrogens with zero attached hydrogens (tertiary/aromatic N) is 2. The van der Waals surface area contributed by atoms with Crippen LogP contribution in [0.1, 0.15) is 16.7 Å². The second-order valence-electron chi connectivity index (χ2n) is 4.64. The first-order valence-corrected chi connectivity index (χ1v) is 8.06. The van der Waals surface area contributed by atoms with E-state index in [1.54, 1.807) is 49.6 Å². The van der Waals surface area contributed by atoms with Gasteiger partial charge in [-0.3, -0.25) is 9.71 Å². The van der Waals surface area contributed by atoms with E-state index in [1.807, 2.05) is 6.07 Å². The van der Waals surface area contributed by atoms with E-state index >= 15 is 0 Å². The summed E-state index contributed by atoms with van der Waals surface area (Å²) in [5.74, 6) is -0.0458. The highest BCUT2D eigenvalue weighted by molar-refractivity contribution is 7.92. The zero-order valence-electron chi connectivity index (χ0n) is 11.6. The molecule has 5 nitrogen and oxygen atoms in total. The number of hydrogen-bond acceptors (Lipinski definition) is 4. The summed E-state index contributed by atoms with van der Waals surface area (Å²) in [6, 6.07) is 10.7. The van der Waals surface area contributed by atoms with Gasteiger partial charge in [-0.25, -0.2) is 8.42 Å². The summed E-state index contributed by atoms with van der Waals surface area (Å²) in [7, 11) is -3.50. The van der Waals surface area contributed by atoms with Gasteiger partial charge in [0.1, 0.15) is 6.07 Å². The number of anilines is 1. The van der Waals surface area contributed by atoms with Gasteiger partial charge in [0.15, 0.2) is 0 Å². The minimum absolute atomic E-state index is 0.0458. The predicted molar refractivity (Wildman–Crippen MR) is 81.2 cm³/mol. The summed E-state index contributed by atoms with van der Waals surface area (Å²) in [5, 5.41) is 9.11. The van der Waals surface area contributed by atoms with Crippen LogP contribution in [0.25, 0.3) is 0 Å². The van der Waals surface area contributed by atoms with Crippen molar-refractivity contribution in [3.63, 3.8) is 0 Å². The summed E-state index contributed by atoms with van der Waals surface area (Å²) in [6.07, 6.45) is 3.65. The lowest BCUT2D eigenvalue weighted by Gasteiger charge is -2.10. The minimum atomic E-state index is -3.50. The first-order chi connectivity index (χ1) is 10.0. The third kappa shape index (κ3) is 4.04. The van der Waals surface area contributed by atoms with Crippen molar-refractivity contribution >= 4 is 15.7 Å². The first kappa shape index (κ1) is 15.0. The number of nitrogens with one attached hydrogen (secondary N) is 1. The number of aryl methyl sites for hydroxylation is 2. The van der Waals surface area contributed by atoms with E-state index in [-0.39, 0.29) is 5.75 Å². The number of aromatic nitrogens is 1. The summed E-state index contributed by atoms with van der Waals surface area (Å²) in [6.45, 7) is 1.77. The molecule has 1 N–H and O–H groups in total. The van der Waals surface area contributed by atoms with Crippen molar-refractivity contribution in [2.24, 2.45) is 0 Å². The van der Waals surface area contributed by atoms with E-state index in [2.05, 4.69) is 9.71 Å². The molecule has 0 radical (unpaired) electrons. The SMILES string of the molecule is Cc1cccc(NS(=O)(=O)CCc2ccncc2)c1C#N. The van der Waals surface area contributed by atoms with Crippen LogP contribution in [0.5, 0.6) is 0 Å². The number of hydrogen-bond donors (Lipinski definition) is 1. The van der Waals surface area contributed by atoms with Gasteiger partial charge >= 0.3 is 0 Å². The fourth-order valence-electron chi connectivity index (χ4n) is 1.92. The van der Waals surface area contributed by atoms with Crippen LogP contribution in [-0.2, 0) is 16.4 Å². The smallest absolute Gasteiger partial charge is 0.233 e. The van der Waals surface area contributed by atoms with E-state index in [4.69, 9.17) is 5.26 Å². The quantitative estimate of drug-likeness (QED) is 0.918. The van der Waals surface area contributed by atoms with E-state index in [0.29, 0.717) is 17.7 Å².